The first-order valence-electron chi connectivity index (χ1n) is 4.04. The summed E-state index contributed by atoms with van der Waals surface area (Å²) in [5.74, 6) is 1.53. The average Bonchev–Trinajstić information content (AvgIpc) is 1.88. The van der Waals surface area contributed by atoms with Crippen molar-refractivity contribution in [3.63, 3.8) is 0 Å². The molecule has 0 fully saturated rings. The molecule has 0 aromatic carbocycles. The topological polar surface area (TPSA) is 0 Å². The highest BCUT2D eigenvalue weighted by Gasteiger charge is 2.16. The zero-order valence-corrected chi connectivity index (χ0v) is 6.73. The standard InChI is InChI=1S/C9H15F/c1-7(2)8-3-5-9(10)6-4-8/h5,7-8H,3-4,6H2,1-2H3. The van der Waals surface area contributed by atoms with E-state index in [0.717, 1.165) is 18.8 Å². The van der Waals surface area contributed by atoms with E-state index in [2.05, 4.69) is 13.8 Å². The van der Waals surface area contributed by atoms with Crippen LogP contribution in [0.25, 0.3) is 0 Å². The SMILES string of the molecule is CC(C)C1CC=C(F)CC1. The van der Waals surface area contributed by atoms with Gasteiger partial charge < -0.3 is 0 Å². The van der Waals surface area contributed by atoms with Gasteiger partial charge in [0.1, 0.15) is 0 Å². The van der Waals surface area contributed by atoms with Crippen molar-refractivity contribution in [2.45, 2.75) is 33.1 Å². The minimum Gasteiger partial charge on any atom is -0.212 e. The lowest BCUT2D eigenvalue weighted by Gasteiger charge is -2.21. The van der Waals surface area contributed by atoms with Crippen molar-refractivity contribution in [1.29, 1.82) is 0 Å². The van der Waals surface area contributed by atoms with Gasteiger partial charge in [0.15, 0.2) is 0 Å². The van der Waals surface area contributed by atoms with Gasteiger partial charge in [0, 0.05) is 0 Å². The molecule has 1 aliphatic rings. The largest absolute Gasteiger partial charge is 0.212 e. The zero-order valence-electron chi connectivity index (χ0n) is 6.73. The van der Waals surface area contributed by atoms with Crippen molar-refractivity contribution in [3.05, 3.63) is 11.9 Å². The number of allylic oxidation sites excluding steroid dienone is 2. The molecular formula is C9H15F. The van der Waals surface area contributed by atoms with Crippen molar-refractivity contribution >= 4 is 0 Å². The highest BCUT2D eigenvalue weighted by Crippen LogP contribution is 2.29. The van der Waals surface area contributed by atoms with Crippen LogP contribution in [0.15, 0.2) is 11.9 Å². The minimum atomic E-state index is 0.0944. The number of hydrogen-bond donors (Lipinski definition) is 0. The monoisotopic (exact) mass is 142 g/mol. The Hall–Kier alpha value is -0.330. The van der Waals surface area contributed by atoms with Gasteiger partial charge in [0.2, 0.25) is 0 Å². The number of hydrogen-bond acceptors (Lipinski definition) is 0. The zero-order chi connectivity index (χ0) is 7.56. The molecule has 0 aliphatic heterocycles. The van der Waals surface area contributed by atoms with E-state index in [1.807, 2.05) is 0 Å². The summed E-state index contributed by atoms with van der Waals surface area (Å²) in [4.78, 5) is 0. The second kappa shape index (κ2) is 3.18. The van der Waals surface area contributed by atoms with Gasteiger partial charge in [-0.3, -0.25) is 0 Å². The summed E-state index contributed by atoms with van der Waals surface area (Å²) in [6, 6.07) is 0. The maximum atomic E-state index is 12.5. The fraction of sp³-hybridized carbons (Fsp3) is 0.778. The second-order valence-electron chi connectivity index (χ2n) is 3.43. The Balaban J connectivity index is 2.42. The predicted octanol–water partition coefficient (Wildman–Crippen LogP) is 3.30. The molecule has 0 spiro atoms. The molecular weight excluding hydrogens is 127 g/mol. The second-order valence-corrected chi connectivity index (χ2v) is 3.43. The Bertz CT molecular complexity index is 136. The average molecular weight is 142 g/mol. The lowest BCUT2D eigenvalue weighted by Crippen LogP contribution is -2.10. The molecule has 0 aromatic heterocycles. The molecule has 0 amide bonds. The van der Waals surface area contributed by atoms with E-state index in [0.29, 0.717) is 12.3 Å². The quantitative estimate of drug-likeness (QED) is 0.527. The van der Waals surface area contributed by atoms with Crippen molar-refractivity contribution in [1.82, 2.24) is 0 Å². The molecule has 10 heavy (non-hydrogen) atoms. The van der Waals surface area contributed by atoms with Gasteiger partial charge in [-0.05, 0) is 31.1 Å². The molecule has 1 heteroatoms. The number of halogens is 1. The molecule has 0 aromatic rings. The molecule has 1 rings (SSSR count). The summed E-state index contributed by atoms with van der Waals surface area (Å²) < 4.78 is 12.5. The Morgan fingerprint density at radius 1 is 1.60 bits per heavy atom. The van der Waals surface area contributed by atoms with Crippen molar-refractivity contribution in [2.75, 3.05) is 0 Å². The maximum absolute atomic E-state index is 12.5. The smallest absolute Gasteiger partial charge is 0.0960 e. The van der Waals surface area contributed by atoms with Crippen LogP contribution < -0.4 is 0 Å². The van der Waals surface area contributed by atoms with E-state index >= 15 is 0 Å². The van der Waals surface area contributed by atoms with Gasteiger partial charge in [0.25, 0.3) is 0 Å². The first kappa shape index (κ1) is 7.77. The highest BCUT2D eigenvalue weighted by atomic mass is 19.1. The Labute approximate surface area is 62.1 Å². The molecule has 0 N–H and O–H groups in total. The van der Waals surface area contributed by atoms with Crippen LogP contribution in [-0.2, 0) is 0 Å². The Morgan fingerprint density at radius 2 is 2.30 bits per heavy atom. The van der Waals surface area contributed by atoms with E-state index in [1.54, 1.807) is 6.08 Å². The van der Waals surface area contributed by atoms with Crippen molar-refractivity contribution in [3.8, 4) is 0 Å². The maximum Gasteiger partial charge on any atom is 0.0960 e. The van der Waals surface area contributed by atoms with Gasteiger partial charge in [-0.2, -0.15) is 0 Å². The lowest BCUT2D eigenvalue weighted by atomic mass is 9.85. The van der Waals surface area contributed by atoms with Crippen LogP contribution >= 0.6 is 0 Å². The summed E-state index contributed by atoms with van der Waals surface area (Å²) in [7, 11) is 0. The van der Waals surface area contributed by atoms with Crippen LogP contribution in [0, 0.1) is 11.8 Å². The third-order valence-corrected chi connectivity index (χ3v) is 2.34. The van der Waals surface area contributed by atoms with Gasteiger partial charge in [-0.25, -0.2) is 4.39 Å². The molecule has 1 atom stereocenters. The first-order valence-corrected chi connectivity index (χ1v) is 4.04. The third-order valence-electron chi connectivity index (χ3n) is 2.34. The molecule has 0 heterocycles. The van der Waals surface area contributed by atoms with Crippen LogP contribution in [0.4, 0.5) is 4.39 Å². The normalized spacial score (nSPS) is 26.8. The molecule has 1 unspecified atom stereocenters. The van der Waals surface area contributed by atoms with E-state index in [1.165, 1.54) is 0 Å². The Morgan fingerprint density at radius 3 is 2.70 bits per heavy atom. The van der Waals surface area contributed by atoms with Gasteiger partial charge in [-0.15, -0.1) is 0 Å². The van der Waals surface area contributed by atoms with Crippen LogP contribution in [-0.4, -0.2) is 0 Å². The molecule has 0 bridgehead atoms. The molecule has 58 valence electrons. The summed E-state index contributed by atoms with van der Waals surface area (Å²) in [6.07, 6.45) is 4.40. The van der Waals surface area contributed by atoms with Crippen molar-refractivity contribution in [2.24, 2.45) is 11.8 Å². The summed E-state index contributed by atoms with van der Waals surface area (Å²) >= 11 is 0. The number of rotatable bonds is 1. The molecule has 1 aliphatic carbocycles. The summed E-state index contributed by atoms with van der Waals surface area (Å²) in [5, 5.41) is 0. The van der Waals surface area contributed by atoms with Crippen LogP contribution in [0.2, 0.25) is 0 Å². The third kappa shape index (κ3) is 1.83. The summed E-state index contributed by atoms with van der Waals surface area (Å²) in [6.45, 7) is 4.42. The molecule has 0 saturated heterocycles. The fourth-order valence-electron chi connectivity index (χ4n) is 1.43. The highest BCUT2D eigenvalue weighted by molar-refractivity contribution is 4.98. The van der Waals surface area contributed by atoms with Crippen molar-refractivity contribution < 1.29 is 4.39 Å². The van der Waals surface area contributed by atoms with E-state index in [-0.39, 0.29) is 5.83 Å². The van der Waals surface area contributed by atoms with E-state index < -0.39 is 0 Å². The molecule has 0 nitrogen and oxygen atoms in total. The van der Waals surface area contributed by atoms with Crippen LogP contribution in [0.5, 0.6) is 0 Å². The van der Waals surface area contributed by atoms with Gasteiger partial charge in [-0.1, -0.05) is 19.9 Å². The lowest BCUT2D eigenvalue weighted by molar-refractivity contribution is 0.332. The van der Waals surface area contributed by atoms with Crippen LogP contribution in [0.3, 0.4) is 0 Å². The minimum absolute atomic E-state index is 0.0944. The fourth-order valence-corrected chi connectivity index (χ4v) is 1.43. The Kier molecular flexibility index (Phi) is 2.47. The van der Waals surface area contributed by atoms with Gasteiger partial charge >= 0.3 is 0 Å². The predicted molar refractivity (Wildman–Crippen MR) is 41.4 cm³/mol. The first-order chi connectivity index (χ1) is 4.70. The van der Waals surface area contributed by atoms with Gasteiger partial charge in [0.05, 0.1) is 5.83 Å². The molecule has 0 saturated carbocycles. The molecule has 0 radical (unpaired) electrons. The summed E-state index contributed by atoms with van der Waals surface area (Å²) in [5.41, 5.74) is 0. The van der Waals surface area contributed by atoms with Crippen LogP contribution in [0.1, 0.15) is 33.1 Å². The van der Waals surface area contributed by atoms with E-state index in [4.69, 9.17) is 0 Å². The van der Waals surface area contributed by atoms with E-state index in [9.17, 15) is 4.39 Å².